The summed E-state index contributed by atoms with van der Waals surface area (Å²) in [5.74, 6) is -2.29. The van der Waals surface area contributed by atoms with E-state index in [1.165, 1.54) is 6.92 Å². The van der Waals surface area contributed by atoms with Gasteiger partial charge in [-0.25, -0.2) is 9.59 Å². The van der Waals surface area contributed by atoms with E-state index in [-0.39, 0.29) is 18.6 Å². The van der Waals surface area contributed by atoms with Gasteiger partial charge in [0, 0.05) is 12.3 Å². The summed E-state index contributed by atoms with van der Waals surface area (Å²) in [6.07, 6.45) is -3.86. The van der Waals surface area contributed by atoms with Crippen LogP contribution in [-0.2, 0) is 25.7 Å². The molecule has 2 amide bonds. The highest BCUT2D eigenvalue weighted by atomic mass is 16.6. The lowest BCUT2D eigenvalue weighted by Crippen LogP contribution is -2.66. The number of aliphatic hydroxyl groups is 3. The number of hydrogen-bond donors (Lipinski definition) is 5. The monoisotopic (exact) mass is 478 g/mol. The molecule has 11 nitrogen and oxygen atoms in total. The molecule has 2 aliphatic rings. The molecule has 186 valence electrons. The van der Waals surface area contributed by atoms with Gasteiger partial charge in [-0.05, 0) is 38.5 Å². The van der Waals surface area contributed by atoms with E-state index in [2.05, 4.69) is 10.6 Å². The summed E-state index contributed by atoms with van der Waals surface area (Å²) in [5, 5.41) is 36.0. The number of esters is 1. The van der Waals surface area contributed by atoms with E-state index in [1.807, 2.05) is 0 Å². The van der Waals surface area contributed by atoms with E-state index in [1.54, 1.807) is 45.2 Å². The van der Waals surface area contributed by atoms with Crippen LogP contribution >= 0.6 is 0 Å². The molecule has 34 heavy (non-hydrogen) atoms. The van der Waals surface area contributed by atoms with E-state index in [4.69, 9.17) is 14.2 Å². The minimum Gasteiger partial charge on any atom is -0.512 e. The quantitative estimate of drug-likeness (QED) is 0.370. The third-order valence-corrected chi connectivity index (χ3v) is 6.05. The van der Waals surface area contributed by atoms with Gasteiger partial charge in [-0.15, -0.1) is 0 Å². The van der Waals surface area contributed by atoms with Crippen LogP contribution in [0.15, 0.2) is 35.6 Å². The summed E-state index contributed by atoms with van der Waals surface area (Å²) in [4.78, 5) is 37.4. The Hall–Kier alpha value is -3.31. The summed E-state index contributed by atoms with van der Waals surface area (Å²) in [5.41, 5.74) is -0.724. The van der Waals surface area contributed by atoms with Crippen LogP contribution in [0.1, 0.15) is 32.8 Å². The highest BCUT2D eigenvalue weighted by Crippen LogP contribution is 2.41. The van der Waals surface area contributed by atoms with Crippen molar-refractivity contribution in [2.45, 2.75) is 63.7 Å². The van der Waals surface area contributed by atoms with E-state index in [0.29, 0.717) is 5.75 Å². The molecule has 1 heterocycles. The molecule has 1 aromatic carbocycles. The first-order valence-corrected chi connectivity index (χ1v) is 10.8. The Balaban J connectivity index is 1.64. The number of carbonyl (C=O) groups excluding carboxylic acids is 3. The topological polar surface area (TPSA) is 164 Å². The van der Waals surface area contributed by atoms with Gasteiger partial charge in [0.1, 0.15) is 29.8 Å². The molecule has 0 spiro atoms. The average Bonchev–Trinajstić information content (AvgIpc) is 2.77. The third-order valence-electron chi connectivity index (χ3n) is 6.05. The summed E-state index contributed by atoms with van der Waals surface area (Å²) >= 11 is 0. The molecule has 5 N–H and O–H groups in total. The van der Waals surface area contributed by atoms with Gasteiger partial charge < -0.3 is 40.2 Å². The van der Waals surface area contributed by atoms with E-state index >= 15 is 0 Å². The van der Waals surface area contributed by atoms with Gasteiger partial charge in [-0.2, -0.15) is 0 Å². The Morgan fingerprint density at radius 3 is 2.50 bits per heavy atom. The number of alkyl carbamates (subject to hydrolysis) is 1. The second kappa shape index (κ2) is 9.90. The molecule has 0 bridgehead atoms. The van der Waals surface area contributed by atoms with Gasteiger partial charge in [-0.1, -0.05) is 12.1 Å². The van der Waals surface area contributed by atoms with Crippen molar-refractivity contribution in [3.63, 3.8) is 0 Å². The van der Waals surface area contributed by atoms with Crippen molar-refractivity contribution in [2.24, 2.45) is 5.92 Å². The lowest BCUT2D eigenvalue weighted by Gasteiger charge is -2.48. The number of ether oxygens (including phenoxy) is 3. The van der Waals surface area contributed by atoms with Crippen molar-refractivity contribution in [2.75, 3.05) is 7.11 Å². The van der Waals surface area contributed by atoms with Crippen LogP contribution < -0.4 is 15.4 Å². The van der Waals surface area contributed by atoms with Crippen LogP contribution in [-0.4, -0.2) is 70.3 Å². The standard InChI is InChI=1S/C23H30N2O9/c1-11(24-22(31)33-10-12-5-7-13(32-4)8-6-12)20(29)25-19-17-16(21(30)34-23(19,2)3)14(26)9-15(27)18(17)28/h5-8,11,15,17-19,26-28H,9-10H2,1-4H3,(H,24,31)(H,25,29)/t11-,15+,17-,18-,19+/m0/s1. The number of fused-ring (bicyclic) bond motifs is 1. The van der Waals surface area contributed by atoms with Crippen molar-refractivity contribution in [1.29, 1.82) is 0 Å². The Morgan fingerprint density at radius 2 is 1.88 bits per heavy atom. The predicted molar refractivity (Wildman–Crippen MR) is 118 cm³/mol. The normalized spacial score (nSPS) is 26.6. The van der Waals surface area contributed by atoms with Crippen molar-refractivity contribution in [1.82, 2.24) is 10.6 Å². The van der Waals surface area contributed by atoms with Gasteiger partial charge >= 0.3 is 12.1 Å². The molecule has 1 saturated heterocycles. The highest BCUT2D eigenvalue weighted by Gasteiger charge is 2.55. The van der Waals surface area contributed by atoms with Crippen molar-refractivity contribution < 1.29 is 43.9 Å². The van der Waals surface area contributed by atoms with Crippen LogP contribution in [0.3, 0.4) is 0 Å². The van der Waals surface area contributed by atoms with Crippen LogP contribution in [0.4, 0.5) is 4.79 Å². The number of methoxy groups -OCH3 is 1. The Morgan fingerprint density at radius 1 is 1.24 bits per heavy atom. The number of cyclic esters (lactones) is 1. The second-order valence-corrected chi connectivity index (χ2v) is 8.92. The Labute approximate surface area is 196 Å². The molecule has 1 aliphatic carbocycles. The van der Waals surface area contributed by atoms with Gasteiger partial charge in [0.15, 0.2) is 0 Å². The Kier molecular flexibility index (Phi) is 7.37. The highest BCUT2D eigenvalue weighted by molar-refractivity contribution is 5.92. The smallest absolute Gasteiger partial charge is 0.408 e. The van der Waals surface area contributed by atoms with Crippen LogP contribution in [0.2, 0.25) is 0 Å². The predicted octanol–water partition coefficient (Wildman–Crippen LogP) is 0.684. The van der Waals surface area contributed by atoms with Crippen LogP contribution in [0, 0.1) is 5.92 Å². The maximum absolute atomic E-state index is 12.8. The zero-order chi connectivity index (χ0) is 25.2. The van der Waals surface area contributed by atoms with Crippen LogP contribution in [0.5, 0.6) is 5.75 Å². The largest absolute Gasteiger partial charge is 0.512 e. The SMILES string of the molecule is COc1ccc(COC(=O)N[C@@H](C)C(=O)N[C@@H]2[C@H]3C(=C(O)C[C@@H](O)[C@@H]3O)C(=O)OC2(C)C)cc1. The number of aliphatic hydroxyl groups excluding tert-OH is 3. The average molecular weight is 478 g/mol. The molecule has 0 aromatic heterocycles. The number of benzene rings is 1. The van der Waals surface area contributed by atoms with Crippen LogP contribution in [0.25, 0.3) is 0 Å². The first kappa shape index (κ1) is 25.3. The van der Waals surface area contributed by atoms with Crippen molar-refractivity contribution in [3.05, 3.63) is 41.2 Å². The fourth-order valence-electron chi connectivity index (χ4n) is 4.14. The molecule has 3 rings (SSSR count). The lowest BCUT2D eigenvalue weighted by atomic mass is 9.71. The summed E-state index contributed by atoms with van der Waals surface area (Å²) < 4.78 is 15.6. The van der Waals surface area contributed by atoms with Gasteiger partial charge in [-0.3, -0.25) is 4.79 Å². The first-order chi connectivity index (χ1) is 15.9. The minimum atomic E-state index is -1.42. The molecular formula is C23H30N2O9. The fourth-order valence-corrected chi connectivity index (χ4v) is 4.14. The molecule has 1 fully saturated rings. The molecular weight excluding hydrogens is 448 g/mol. The molecule has 1 aromatic rings. The maximum Gasteiger partial charge on any atom is 0.408 e. The van der Waals surface area contributed by atoms with E-state index in [9.17, 15) is 29.7 Å². The summed E-state index contributed by atoms with van der Waals surface area (Å²) in [7, 11) is 1.54. The molecule has 0 radical (unpaired) electrons. The molecule has 5 atom stereocenters. The van der Waals surface area contributed by atoms with E-state index in [0.717, 1.165) is 5.56 Å². The molecule has 1 aliphatic heterocycles. The summed E-state index contributed by atoms with van der Waals surface area (Å²) in [6.45, 7) is 4.50. The third kappa shape index (κ3) is 5.26. The maximum atomic E-state index is 12.8. The zero-order valence-corrected chi connectivity index (χ0v) is 19.4. The minimum absolute atomic E-state index is 0.0185. The number of hydrogen-bond acceptors (Lipinski definition) is 9. The number of carbonyl (C=O) groups is 3. The van der Waals surface area contributed by atoms with Gasteiger partial charge in [0.2, 0.25) is 5.91 Å². The summed E-state index contributed by atoms with van der Waals surface area (Å²) in [6, 6.07) is 4.89. The number of amides is 2. The first-order valence-electron chi connectivity index (χ1n) is 10.8. The number of rotatable bonds is 6. The van der Waals surface area contributed by atoms with E-state index < -0.39 is 59.5 Å². The van der Waals surface area contributed by atoms with Gasteiger partial charge in [0.25, 0.3) is 0 Å². The zero-order valence-electron chi connectivity index (χ0n) is 19.4. The number of nitrogens with one attached hydrogen (secondary N) is 2. The fraction of sp³-hybridized carbons (Fsp3) is 0.522. The van der Waals surface area contributed by atoms with Crippen molar-refractivity contribution in [3.8, 4) is 5.75 Å². The Bertz CT molecular complexity index is 973. The lowest BCUT2D eigenvalue weighted by molar-refractivity contribution is -0.173. The molecule has 11 heteroatoms. The molecule has 0 unspecified atom stereocenters. The second-order valence-electron chi connectivity index (χ2n) is 8.92. The van der Waals surface area contributed by atoms with Gasteiger partial charge in [0.05, 0.1) is 30.9 Å². The molecule has 0 saturated carbocycles. The van der Waals surface area contributed by atoms with Crippen molar-refractivity contribution >= 4 is 18.0 Å².